The molecule has 5 nitrogen and oxygen atoms in total. The largest absolute Gasteiger partial charge is 0.318 e. The zero-order valence-corrected chi connectivity index (χ0v) is 15.0. The molecule has 0 bridgehead atoms. The number of fused-ring (bicyclic) bond motifs is 1. The SMILES string of the molecule is Cc1cc(-c2ccc3nnc([C@@H](C)c4ccccc4)n3c2)cn(C)c1=O. The van der Waals surface area contributed by atoms with Gasteiger partial charge in [0.15, 0.2) is 5.65 Å². The second kappa shape index (κ2) is 6.26. The van der Waals surface area contributed by atoms with Crippen molar-refractivity contribution < 1.29 is 0 Å². The summed E-state index contributed by atoms with van der Waals surface area (Å²) in [5.74, 6) is 1.03. The molecule has 0 N–H and O–H groups in total. The van der Waals surface area contributed by atoms with Crippen LogP contribution < -0.4 is 5.56 Å². The Hall–Kier alpha value is -3.21. The van der Waals surface area contributed by atoms with Crippen molar-refractivity contribution in [2.75, 3.05) is 0 Å². The Morgan fingerprint density at radius 3 is 2.46 bits per heavy atom. The van der Waals surface area contributed by atoms with Gasteiger partial charge in [-0.15, -0.1) is 10.2 Å². The standard InChI is InChI=1S/C21H20N4O/c1-14-11-18(12-24(3)21(14)26)17-9-10-19-22-23-20(25(19)13-17)15(2)16-7-5-4-6-8-16/h4-13,15H,1-3H3/t15-/m0/s1. The number of benzene rings is 1. The highest BCUT2D eigenvalue weighted by Crippen LogP contribution is 2.25. The number of pyridine rings is 2. The lowest BCUT2D eigenvalue weighted by Gasteiger charge is -2.11. The summed E-state index contributed by atoms with van der Waals surface area (Å²) in [6.07, 6.45) is 3.91. The molecule has 0 amide bonds. The molecule has 130 valence electrons. The molecule has 0 fully saturated rings. The van der Waals surface area contributed by atoms with Crippen LogP contribution in [0.3, 0.4) is 0 Å². The van der Waals surface area contributed by atoms with E-state index in [1.54, 1.807) is 11.6 Å². The van der Waals surface area contributed by atoms with Crippen LogP contribution >= 0.6 is 0 Å². The Balaban J connectivity index is 1.84. The van der Waals surface area contributed by atoms with Crippen molar-refractivity contribution in [1.29, 1.82) is 0 Å². The van der Waals surface area contributed by atoms with Crippen LogP contribution in [0, 0.1) is 6.92 Å². The zero-order chi connectivity index (χ0) is 18.3. The lowest BCUT2D eigenvalue weighted by atomic mass is 10.0. The Kier molecular flexibility index (Phi) is 3.92. The average molecular weight is 344 g/mol. The van der Waals surface area contributed by atoms with Gasteiger partial charge in [0, 0.05) is 30.9 Å². The molecule has 5 heteroatoms. The Morgan fingerprint density at radius 1 is 0.962 bits per heavy atom. The van der Waals surface area contributed by atoms with Crippen LogP contribution in [0.15, 0.2) is 65.7 Å². The topological polar surface area (TPSA) is 52.2 Å². The van der Waals surface area contributed by atoms with Crippen molar-refractivity contribution in [3.8, 4) is 11.1 Å². The predicted octanol–water partition coefficient (Wildman–Crippen LogP) is 3.56. The lowest BCUT2D eigenvalue weighted by molar-refractivity contribution is 0.798. The van der Waals surface area contributed by atoms with E-state index in [9.17, 15) is 4.79 Å². The van der Waals surface area contributed by atoms with E-state index in [1.807, 2.05) is 60.1 Å². The lowest BCUT2D eigenvalue weighted by Crippen LogP contribution is -2.18. The molecular formula is C21H20N4O. The Labute approximate surface area is 151 Å². The normalized spacial score (nSPS) is 12.4. The van der Waals surface area contributed by atoms with Gasteiger partial charge in [0.2, 0.25) is 0 Å². The Bertz CT molecular complexity index is 1120. The number of nitrogens with zero attached hydrogens (tertiary/aromatic N) is 4. The fourth-order valence-corrected chi connectivity index (χ4v) is 3.30. The molecule has 1 atom stereocenters. The second-order valence-electron chi connectivity index (χ2n) is 6.66. The van der Waals surface area contributed by atoms with Crippen LogP contribution in [0.4, 0.5) is 0 Å². The summed E-state index contributed by atoms with van der Waals surface area (Å²) < 4.78 is 3.65. The van der Waals surface area contributed by atoms with Crippen LogP contribution in [0.5, 0.6) is 0 Å². The monoisotopic (exact) mass is 344 g/mol. The summed E-state index contributed by atoms with van der Waals surface area (Å²) in [4.78, 5) is 12.0. The molecule has 0 aliphatic heterocycles. The molecule has 4 aromatic rings. The van der Waals surface area contributed by atoms with Gasteiger partial charge in [-0.05, 0) is 41.8 Å². The van der Waals surface area contributed by atoms with Crippen molar-refractivity contribution in [1.82, 2.24) is 19.2 Å². The van der Waals surface area contributed by atoms with E-state index < -0.39 is 0 Å². The first-order chi connectivity index (χ1) is 12.5. The summed E-state index contributed by atoms with van der Waals surface area (Å²) in [7, 11) is 1.78. The van der Waals surface area contributed by atoms with E-state index in [0.717, 1.165) is 28.2 Å². The smallest absolute Gasteiger partial charge is 0.253 e. The van der Waals surface area contributed by atoms with E-state index in [1.165, 1.54) is 5.56 Å². The number of hydrogen-bond acceptors (Lipinski definition) is 3. The molecule has 0 unspecified atom stereocenters. The molecule has 1 aromatic carbocycles. The third-order valence-corrected chi connectivity index (χ3v) is 4.81. The van der Waals surface area contributed by atoms with Crippen LogP contribution in [-0.4, -0.2) is 19.2 Å². The minimum absolute atomic E-state index is 0.0255. The van der Waals surface area contributed by atoms with Crippen LogP contribution in [0.1, 0.15) is 29.8 Å². The van der Waals surface area contributed by atoms with Crippen molar-refractivity contribution in [3.05, 3.63) is 88.2 Å². The van der Waals surface area contributed by atoms with Gasteiger partial charge in [-0.3, -0.25) is 9.20 Å². The molecule has 26 heavy (non-hydrogen) atoms. The fourth-order valence-electron chi connectivity index (χ4n) is 3.30. The average Bonchev–Trinajstić information content (AvgIpc) is 3.09. The van der Waals surface area contributed by atoms with E-state index in [2.05, 4.69) is 29.3 Å². The third-order valence-electron chi connectivity index (χ3n) is 4.81. The Morgan fingerprint density at radius 2 is 1.73 bits per heavy atom. The van der Waals surface area contributed by atoms with Crippen molar-refractivity contribution >= 4 is 5.65 Å². The van der Waals surface area contributed by atoms with Gasteiger partial charge in [-0.25, -0.2) is 0 Å². The second-order valence-corrected chi connectivity index (χ2v) is 6.66. The molecule has 4 rings (SSSR count). The van der Waals surface area contributed by atoms with Gasteiger partial charge in [-0.2, -0.15) is 0 Å². The molecule has 3 heterocycles. The van der Waals surface area contributed by atoms with Gasteiger partial charge in [0.05, 0.1) is 0 Å². The third kappa shape index (κ3) is 2.71. The summed E-state index contributed by atoms with van der Waals surface area (Å²) in [6.45, 7) is 3.97. The maximum absolute atomic E-state index is 12.0. The van der Waals surface area contributed by atoms with E-state index in [0.29, 0.717) is 0 Å². The van der Waals surface area contributed by atoms with Gasteiger partial charge in [0.25, 0.3) is 5.56 Å². The number of rotatable bonds is 3. The number of aromatic nitrogens is 4. The van der Waals surface area contributed by atoms with E-state index in [4.69, 9.17) is 0 Å². The van der Waals surface area contributed by atoms with Gasteiger partial charge in [0.1, 0.15) is 5.82 Å². The van der Waals surface area contributed by atoms with Crippen LogP contribution in [0.25, 0.3) is 16.8 Å². The first-order valence-corrected chi connectivity index (χ1v) is 8.62. The summed E-state index contributed by atoms with van der Waals surface area (Å²) in [5.41, 5.74) is 4.79. The number of aryl methyl sites for hydroxylation is 2. The van der Waals surface area contributed by atoms with Crippen molar-refractivity contribution in [3.63, 3.8) is 0 Å². The fraction of sp³-hybridized carbons (Fsp3) is 0.190. The van der Waals surface area contributed by atoms with Crippen molar-refractivity contribution in [2.24, 2.45) is 7.05 Å². The molecule has 0 radical (unpaired) electrons. The minimum atomic E-state index is 0.0255. The summed E-state index contributed by atoms with van der Waals surface area (Å²) in [6, 6.07) is 16.2. The predicted molar refractivity (Wildman–Crippen MR) is 102 cm³/mol. The molecular weight excluding hydrogens is 324 g/mol. The highest BCUT2D eigenvalue weighted by molar-refractivity contribution is 5.64. The van der Waals surface area contributed by atoms with Gasteiger partial charge < -0.3 is 4.57 Å². The van der Waals surface area contributed by atoms with Gasteiger partial charge in [-0.1, -0.05) is 37.3 Å². The molecule has 0 saturated carbocycles. The quantitative estimate of drug-likeness (QED) is 0.571. The zero-order valence-electron chi connectivity index (χ0n) is 15.0. The molecule has 0 aliphatic carbocycles. The minimum Gasteiger partial charge on any atom is -0.318 e. The summed E-state index contributed by atoms with van der Waals surface area (Å²) >= 11 is 0. The molecule has 3 aromatic heterocycles. The maximum atomic E-state index is 12.0. The summed E-state index contributed by atoms with van der Waals surface area (Å²) in [5, 5.41) is 8.72. The van der Waals surface area contributed by atoms with Gasteiger partial charge >= 0.3 is 0 Å². The molecule has 0 aliphatic rings. The van der Waals surface area contributed by atoms with E-state index in [-0.39, 0.29) is 11.5 Å². The highest BCUT2D eigenvalue weighted by Gasteiger charge is 2.16. The van der Waals surface area contributed by atoms with E-state index >= 15 is 0 Å². The van der Waals surface area contributed by atoms with Crippen molar-refractivity contribution in [2.45, 2.75) is 19.8 Å². The highest BCUT2D eigenvalue weighted by atomic mass is 16.1. The number of hydrogen-bond donors (Lipinski definition) is 0. The maximum Gasteiger partial charge on any atom is 0.253 e. The first-order valence-electron chi connectivity index (χ1n) is 8.62. The first kappa shape index (κ1) is 16.3. The van der Waals surface area contributed by atoms with Crippen LogP contribution in [0.2, 0.25) is 0 Å². The molecule has 0 spiro atoms. The molecule has 0 saturated heterocycles. The van der Waals surface area contributed by atoms with Crippen LogP contribution in [-0.2, 0) is 7.05 Å².